The lowest BCUT2D eigenvalue weighted by molar-refractivity contribution is -0.384. The molecule has 0 bridgehead atoms. The van der Waals surface area contributed by atoms with Crippen LogP contribution in [0.15, 0.2) is 12.1 Å². The molecular formula is C10H12ClFN2O3. The molecule has 0 atom stereocenters. The third-order valence-corrected chi connectivity index (χ3v) is 2.29. The molecule has 94 valence electrons. The predicted octanol–water partition coefficient (Wildman–Crippen LogP) is 2.84. The van der Waals surface area contributed by atoms with Gasteiger partial charge in [-0.3, -0.25) is 10.1 Å². The van der Waals surface area contributed by atoms with E-state index in [9.17, 15) is 14.5 Å². The maximum Gasteiger partial charge on any atom is 0.294 e. The van der Waals surface area contributed by atoms with Crippen LogP contribution in [0.5, 0.6) is 0 Å². The van der Waals surface area contributed by atoms with Crippen molar-refractivity contribution in [3.05, 3.63) is 33.1 Å². The Kier molecular flexibility index (Phi) is 5.11. The number of nitro groups is 1. The molecule has 0 saturated carbocycles. The Morgan fingerprint density at radius 1 is 1.59 bits per heavy atom. The minimum absolute atomic E-state index is 0.0941. The van der Waals surface area contributed by atoms with E-state index < -0.39 is 10.7 Å². The van der Waals surface area contributed by atoms with Gasteiger partial charge in [-0.1, -0.05) is 11.6 Å². The van der Waals surface area contributed by atoms with E-state index in [4.69, 9.17) is 16.3 Å². The van der Waals surface area contributed by atoms with E-state index in [1.165, 1.54) is 0 Å². The highest BCUT2D eigenvalue weighted by molar-refractivity contribution is 6.31. The van der Waals surface area contributed by atoms with Gasteiger partial charge in [0.25, 0.3) is 5.69 Å². The summed E-state index contributed by atoms with van der Waals surface area (Å²) in [5, 5.41) is 13.2. The number of hydrogen-bond acceptors (Lipinski definition) is 4. The fourth-order valence-corrected chi connectivity index (χ4v) is 1.39. The molecule has 0 aliphatic rings. The third-order valence-electron chi connectivity index (χ3n) is 2.00. The average Bonchev–Trinajstić information content (AvgIpc) is 2.28. The first kappa shape index (κ1) is 13.7. The molecule has 1 aromatic carbocycles. The quantitative estimate of drug-likeness (QED) is 0.486. The van der Waals surface area contributed by atoms with E-state index in [0.717, 1.165) is 12.1 Å². The Bertz CT molecular complexity index is 415. The maximum atomic E-state index is 13.2. The fourth-order valence-electron chi connectivity index (χ4n) is 1.23. The van der Waals surface area contributed by atoms with E-state index in [0.29, 0.717) is 19.8 Å². The molecule has 1 aromatic rings. The van der Waals surface area contributed by atoms with Gasteiger partial charge in [-0.2, -0.15) is 0 Å². The summed E-state index contributed by atoms with van der Waals surface area (Å²) in [4.78, 5) is 10.1. The highest BCUT2D eigenvalue weighted by Gasteiger charge is 2.17. The Morgan fingerprint density at radius 2 is 2.29 bits per heavy atom. The summed E-state index contributed by atoms with van der Waals surface area (Å²) in [6.45, 7) is 3.14. The molecule has 1 rings (SSSR count). The number of anilines is 1. The second kappa shape index (κ2) is 6.36. The van der Waals surface area contributed by atoms with Gasteiger partial charge in [-0.05, 0) is 6.92 Å². The number of halogens is 2. The Morgan fingerprint density at radius 3 is 2.88 bits per heavy atom. The summed E-state index contributed by atoms with van der Waals surface area (Å²) in [6, 6.07) is 1.99. The van der Waals surface area contributed by atoms with Crippen LogP contribution < -0.4 is 5.32 Å². The first-order chi connectivity index (χ1) is 8.06. The molecule has 0 aromatic heterocycles. The van der Waals surface area contributed by atoms with Crippen molar-refractivity contribution < 1.29 is 14.1 Å². The van der Waals surface area contributed by atoms with Crippen molar-refractivity contribution in [1.29, 1.82) is 0 Å². The van der Waals surface area contributed by atoms with E-state index >= 15 is 0 Å². The van der Waals surface area contributed by atoms with Crippen LogP contribution in [0.2, 0.25) is 5.02 Å². The minimum Gasteiger partial charge on any atom is -0.380 e. The second-order valence-electron chi connectivity index (χ2n) is 3.16. The van der Waals surface area contributed by atoms with E-state index in [2.05, 4.69) is 5.32 Å². The SMILES string of the molecule is CCOCCNc1cc(F)c(Cl)cc1[N+](=O)[O-]. The normalized spacial score (nSPS) is 10.3. The Labute approximate surface area is 103 Å². The van der Waals surface area contributed by atoms with Crippen LogP contribution in [0.3, 0.4) is 0 Å². The van der Waals surface area contributed by atoms with Crippen molar-refractivity contribution in [2.45, 2.75) is 6.92 Å². The standard InChI is InChI=1S/C10H12ClFN2O3/c1-2-17-4-3-13-9-6-8(12)7(11)5-10(9)14(15)16/h5-6,13H,2-4H2,1H3. The molecule has 7 heteroatoms. The Hall–Kier alpha value is -1.40. The molecule has 0 saturated heterocycles. The van der Waals surface area contributed by atoms with E-state index in [-0.39, 0.29) is 16.4 Å². The summed E-state index contributed by atoms with van der Waals surface area (Å²) in [5.41, 5.74) is -0.162. The number of hydrogen-bond donors (Lipinski definition) is 1. The zero-order chi connectivity index (χ0) is 12.8. The highest BCUT2D eigenvalue weighted by atomic mass is 35.5. The highest BCUT2D eigenvalue weighted by Crippen LogP contribution is 2.30. The van der Waals surface area contributed by atoms with Gasteiger partial charge in [0.2, 0.25) is 0 Å². The summed E-state index contributed by atoms with van der Waals surface area (Å²) in [6.07, 6.45) is 0. The van der Waals surface area contributed by atoms with Crippen molar-refractivity contribution in [2.24, 2.45) is 0 Å². The number of benzene rings is 1. The van der Waals surface area contributed by atoms with Crippen LogP contribution in [-0.2, 0) is 4.74 Å². The van der Waals surface area contributed by atoms with Gasteiger partial charge < -0.3 is 10.1 Å². The molecule has 0 unspecified atom stereocenters. The van der Waals surface area contributed by atoms with Gasteiger partial charge in [0.1, 0.15) is 11.5 Å². The first-order valence-electron chi connectivity index (χ1n) is 5.01. The topological polar surface area (TPSA) is 64.4 Å². The molecule has 1 N–H and O–H groups in total. The first-order valence-corrected chi connectivity index (χ1v) is 5.39. The van der Waals surface area contributed by atoms with Crippen molar-refractivity contribution in [2.75, 3.05) is 25.1 Å². The number of rotatable bonds is 6. The van der Waals surface area contributed by atoms with Crippen molar-refractivity contribution in [1.82, 2.24) is 0 Å². The molecule has 5 nitrogen and oxygen atoms in total. The lowest BCUT2D eigenvalue weighted by atomic mass is 10.2. The van der Waals surface area contributed by atoms with E-state index in [1.54, 1.807) is 0 Å². The van der Waals surface area contributed by atoms with Crippen molar-refractivity contribution in [3.8, 4) is 0 Å². The second-order valence-corrected chi connectivity index (χ2v) is 3.57. The van der Waals surface area contributed by atoms with Crippen LogP contribution in [0, 0.1) is 15.9 Å². The lowest BCUT2D eigenvalue weighted by Crippen LogP contribution is -2.10. The van der Waals surface area contributed by atoms with Crippen molar-refractivity contribution >= 4 is 23.0 Å². The molecule has 0 radical (unpaired) electrons. The molecule has 0 spiro atoms. The summed E-state index contributed by atoms with van der Waals surface area (Å²) >= 11 is 5.48. The smallest absolute Gasteiger partial charge is 0.294 e. The maximum absolute atomic E-state index is 13.2. The van der Waals surface area contributed by atoms with Crippen LogP contribution >= 0.6 is 11.6 Å². The van der Waals surface area contributed by atoms with E-state index in [1.807, 2.05) is 6.92 Å². The third kappa shape index (κ3) is 3.83. The van der Waals surface area contributed by atoms with Gasteiger partial charge >= 0.3 is 0 Å². The molecule has 17 heavy (non-hydrogen) atoms. The largest absolute Gasteiger partial charge is 0.380 e. The van der Waals surface area contributed by atoms with Crippen molar-refractivity contribution in [3.63, 3.8) is 0 Å². The number of nitro benzene ring substituents is 1. The molecular weight excluding hydrogens is 251 g/mol. The summed E-state index contributed by atoms with van der Waals surface area (Å²) in [7, 11) is 0. The van der Waals surface area contributed by atoms with Gasteiger partial charge in [0, 0.05) is 25.3 Å². The zero-order valence-electron chi connectivity index (χ0n) is 9.20. The fraction of sp³-hybridized carbons (Fsp3) is 0.400. The summed E-state index contributed by atoms with van der Waals surface area (Å²) < 4.78 is 18.2. The van der Waals surface area contributed by atoms with Crippen LogP contribution in [-0.4, -0.2) is 24.7 Å². The number of nitrogens with zero attached hydrogens (tertiary/aromatic N) is 1. The van der Waals surface area contributed by atoms with Gasteiger partial charge in [-0.25, -0.2) is 4.39 Å². The molecule has 0 amide bonds. The predicted molar refractivity (Wildman–Crippen MR) is 63.0 cm³/mol. The number of nitrogens with one attached hydrogen (secondary N) is 1. The van der Waals surface area contributed by atoms with Crippen LogP contribution in [0.4, 0.5) is 15.8 Å². The van der Waals surface area contributed by atoms with Gasteiger partial charge in [0.05, 0.1) is 16.6 Å². The molecule has 0 aliphatic carbocycles. The Balaban J connectivity index is 2.81. The molecule has 0 aliphatic heterocycles. The average molecular weight is 263 g/mol. The zero-order valence-corrected chi connectivity index (χ0v) is 9.96. The molecule has 0 fully saturated rings. The van der Waals surface area contributed by atoms with Crippen LogP contribution in [0.25, 0.3) is 0 Å². The lowest BCUT2D eigenvalue weighted by Gasteiger charge is -2.07. The summed E-state index contributed by atoms with van der Waals surface area (Å²) in [5.74, 6) is -0.698. The minimum atomic E-state index is -0.698. The van der Waals surface area contributed by atoms with Gasteiger partial charge in [-0.15, -0.1) is 0 Å². The number of ether oxygens (including phenoxy) is 1. The molecule has 0 heterocycles. The van der Waals surface area contributed by atoms with Crippen LogP contribution in [0.1, 0.15) is 6.92 Å². The monoisotopic (exact) mass is 262 g/mol. The van der Waals surface area contributed by atoms with Gasteiger partial charge in [0.15, 0.2) is 0 Å².